The first kappa shape index (κ1) is 10.9. The van der Waals surface area contributed by atoms with Crippen molar-refractivity contribution in [1.82, 2.24) is 0 Å². The molecule has 3 heteroatoms. The molecule has 0 bridgehead atoms. The molecule has 0 aromatic carbocycles. The van der Waals surface area contributed by atoms with Crippen molar-refractivity contribution in [3.63, 3.8) is 0 Å². The molecule has 68 valence electrons. The predicted molar refractivity (Wildman–Crippen MR) is 43.2 cm³/mol. The van der Waals surface area contributed by atoms with Crippen LogP contribution >= 0.6 is 0 Å². The smallest absolute Gasteiger partial charge is 0.0795 e. The number of aliphatic hydroxyl groups excluding tert-OH is 3. The molecule has 0 spiro atoms. The van der Waals surface area contributed by atoms with Gasteiger partial charge < -0.3 is 15.3 Å². The largest absolute Gasteiger partial charge is 0.394 e. The van der Waals surface area contributed by atoms with Crippen molar-refractivity contribution in [2.24, 2.45) is 5.92 Å². The molecule has 3 atom stereocenters. The van der Waals surface area contributed by atoms with Gasteiger partial charge in [0, 0.05) is 6.42 Å². The molecule has 0 saturated carbocycles. The maximum atomic E-state index is 9.35. The molecule has 11 heavy (non-hydrogen) atoms. The van der Waals surface area contributed by atoms with Gasteiger partial charge in [0.25, 0.3) is 0 Å². The molecule has 0 aromatic heterocycles. The maximum absolute atomic E-state index is 9.35. The van der Waals surface area contributed by atoms with Crippen LogP contribution in [0.3, 0.4) is 0 Å². The fourth-order valence-corrected chi connectivity index (χ4v) is 0.858. The van der Waals surface area contributed by atoms with Gasteiger partial charge in [0.15, 0.2) is 0 Å². The summed E-state index contributed by atoms with van der Waals surface area (Å²) in [6, 6.07) is 0. The van der Waals surface area contributed by atoms with Gasteiger partial charge in [0.05, 0.1) is 18.8 Å². The van der Waals surface area contributed by atoms with Gasteiger partial charge in [0.2, 0.25) is 0 Å². The van der Waals surface area contributed by atoms with Crippen LogP contribution in [-0.4, -0.2) is 34.1 Å². The van der Waals surface area contributed by atoms with Crippen molar-refractivity contribution >= 4 is 0 Å². The first-order valence-corrected chi connectivity index (χ1v) is 4.08. The summed E-state index contributed by atoms with van der Waals surface area (Å²) in [6.45, 7) is 3.64. The highest BCUT2D eigenvalue weighted by Crippen LogP contribution is 2.12. The van der Waals surface area contributed by atoms with Crippen molar-refractivity contribution in [1.29, 1.82) is 0 Å². The number of aliphatic hydroxyl groups is 3. The van der Waals surface area contributed by atoms with E-state index in [2.05, 4.69) is 0 Å². The summed E-state index contributed by atoms with van der Waals surface area (Å²) in [7, 11) is 0. The fraction of sp³-hybridized carbons (Fsp3) is 1.00. The molecule has 0 radical (unpaired) electrons. The molecule has 0 aromatic rings. The summed E-state index contributed by atoms with van der Waals surface area (Å²) < 4.78 is 0. The van der Waals surface area contributed by atoms with Gasteiger partial charge in [0.1, 0.15) is 0 Å². The van der Waals surface area contributed by atoms with Crippen LogP contribution in [0.15, 0.2) is 0 Å². The summed E-state index contributed by atoms with van der Waals surface area (Å²) in [5, 5.41) is 26.8. The molecule has 0 aliphatic carbocycles. The van der Waals surface area contributed by atoms with Crippen LogP contribution in [0, 0.1) is 5.92 Å². The van der Waals surface area contributed by atoms with Crippen LogP contribution < -0.4 is 0 Å². The summed E-state index contributed by atoms with van der Waals surface area (Å²) in [6.07, 6.45) is -0.119. The lowest BCUT2D eigenvalue weighted by Crippen LogP contribution is -2.25. The van der Waals surface area contributed by atoms with E-state index in [1.165, 1.54) is 0 Å². The van der Waals surface area contributed by atoms with E-state index in [1.54, 1.807) is 0 Å². The SMILES string of the molecule is CCC(C)C(O)CC(O)CO. The highest BCUT2D eigenvalue weighted by atomic mass is 16.3. The monoisotopic (exact) mass is 162 g/mol. The topological polar surface area (TPSA) is 60.7 Å². The second-order valence-corrected chi connectivity index (χ2v) is 3.02. The van der Waals surface area contributed by atoms with E-state index >= 15 is 0 Å². The summed E-state index contributed by atoms with van der Waals surface area (Å²) >= 11 is 0. The molecular weight excluding hydrogens is 144 g/mol. The molecule has 3 unspecified atom stereocenters. The van der Waals surface area contributed by atoms with Gasteiger partial charge in [-0.1, -0.05) is 20.3 Å². The average Bonchev–Trinajstić information content (AvgIpc) is 2.02. The van der Waals surface area contributed by atoms with Gasteiger partial charge in [-0.15, -0.1) is 0 Å². The van der Waals surface area contributed by atoms with E-state index in [9.17, 15) is 5.11 Å². The summed E-state index contributed by atoms with van der Waals surface area (Å²) in [4.78, 5) is 0. The highest BCUT2D eigenvalue weighted by molar-refractivity contribution is 4.67. The zero-order valence-corrected chi connectivity index (χ0v) is 7.20. The minimum Gasteiger partial charge on any atom is -0.394 e. The lowest BCUT2D eigenvalue weighted by Gasteiger charge is -2.18. The Balaban J connectivity index is 3.58. The summed E-state index contributed by atoms with van der Waals surface area (Å²) in [5.74, 6) is 0.191. The van der Waals surface area contributed by atoms with Gasteiger partial charge >= 0.3 is 0 Å². The second-order valence-electron chi connectivity index (χ2n) is 3.02. The van der Waals surface area contributed by atoms with Crippen molar-refractivity contribution in [3.8, 4) is 0 Å². The number of hydrogen-bond donors (Lipinski definition) is 3. The van der Waals surface area contributed by atoms with Gasteiger partial charge in [-0.05, 0) is 5.92 Å². The first-order chi connectivity index (χ1) is 5.11. The Morgan fingerprint density at radius 2 is 1.82 bits per heavy atom. The van der Waals surface area contributed by atoms with E-state index in [1.807, 2.05) is 13.8 Å². The van der Waals surface area contributed by atoms with E-state index in [4.69, 9.17) is 10.2 Å². The molecule has 3 N–H and O–H groups in total. The molecule has 3 nitrogen and oxygen atoms in total. The molecule has 0 rings (SSSR count). The zero-order valence-electron chi connectivity index (χ0n) is 7.20. The van der Waals surface area contributed by atoms with Gasteiger partial charge in [-0.2, -0.15) is 0 Å². The van der Waals surface area contributed by atoms with Crippen molar-refractivity contribution in [2.75, 3.05) is 6.61 Å². The van der Waals surface area contributed by atoms with E-state index < -0.39 is 12.2 Å². The van der Waals surface area contributed by atoms with Crippen molar-refractivity contribution in [3.05, 3.63) is 0 Å². The Morgan fingerprint density at radius 1 is 1.27 bits per heavy atom. The molecule has 0 fully saturated rings. The van der Waals surface area contributed by atoms with Gasteiger partial charge in [-0.3, -0.25) is 0 Å². The Morgan fingerprint density at radius 3 is 2.18 bits per heavy atom. The third kappa shape index (κ3) is 4.35. The lowest BCUT2D eigenvalue weighted by atomic mass is 9.97. The summed E-state index contributed by atoms with van der Waals surface area (Å²) in [5.41, 5.74) is 0. The molecular formula is C8H18O3. The third-order valence-corrected chi connectivity index (χ3v) is 2.03. The second kappa shape index (κ2) is 5.52. The third-order valence-electron chi connectivity index (χ3n) is 2.03. The minimum absolute atomic E-state index is 0.191. The minimum atomic E-state index is -0.779. The van der Waals surface area contributed by atoms with Crippen LogP contribution in [0.2, 0.25) is 0 Å². The molecule has 0 heterocycles. The van der Waals surface area contributed by atoms with Crippen LogP contribution in [0.25, 0.3) is 0 Å². The van der Waals surface area contributed by atoms with Crippen molar-refractivity contribution < 1.29 is 15.3 Å². The fourth-order valence-electron chi connectivity index (χ4n) is 0.858. The Hall–Kier alpha value is -0.120. The molecule has 0 saturated heterocycles. The zero-order chi connectivity index (χ0) is 8.85. The Bertz CT molecular complexity index is 95.3. The van der Waals surface area contributed by atoms with Crippen molar-refractivity contribution in [2.45, 2.75) is 38.9 Å². The van der Waals surface area contributed by atoms with Crippen LogP contribution in [0.4, 0.5) is 0 Å². The normalized spacial score (nSPS) is 19.4. The van der Waals surface area contributed by atoms with E-state index in [-0.39, 0.29) is 18.9 Å². The first-order valence-electron chi connectivity index (χ1n) is 4.08. The number of hydrogen-bond acceptors (Lipinski definition) is 3. The number of rotatable bonds is 5. The Kier molecular flexibility index (Phi) is 5.46. The molecule has 0 amide bonds. The maximum Gasteiger partial charge on any atom is 0.0795 e. The van der Waals surface area contributed by atoms with E-state index in [0.717, 1.165) is 6.42 Å². The molecule has 0 aliphatic heterocycles. The standard InChI is InChI=1S/C8H18O3/c1-3-6(2)8(11)4-7(10)5-9/h6-11H,3-5H2,1-2H3. The molecule has 0 aliphatic rings. The van der Waals surface area contributed by atoms with Crippen LogP contribution in [0.1, 0.15) is 26.7 Å². The van der Waals surface area contributed by atoms with Crippen LogP contribution in [-0.2, 0) is 0 Å². The quantitative estimate of drug-likeness (QED) is 0.539. The van der Waals surface area contributed by atoms with Crippen LogP contribution in [0.5, 0.6) is 0 Å². The Labute approximate surface area is 67.7 Å². The average molecular weight is 162 g/mol. The van der Waals surface area contributed by atoms with Gasteiger partial charge in [-0.25, -0.2) is 0 Å². The predicted octanol–water partition coefficient (Wildman–Crippen LogP) is 0.137. The highest BCUT2D eigenvalue weighted by Gasteiger charge is 2.15. The van der Waals surface area contributed by atoms with E-state index in [0.29, 0.717) is 0 Å². The lowest BCUT2D eigenvalue weighted by molar-refractivity contribution is 0.0206.